The molecule has 0 saturated heterocycles. The van der Waals surface area contributed by atoms with Crippen LogP contribution < -0.4 is 5.32 Å². The van der Waals surface area contributed by atoms with E-state index in [0.717, 1.165) is 25.3 Å². The fourth-order valence-electron chi connectivity index (χ4n) is 4.24. The molecule has 0 aromatic carbocycles. The predicted octanol–water partition coefficient (Wildman–Crippen LogP) is 6.49. The minimum atomic E-state index is 0.275. The van der Waals surface area contributed by atoms with Crippen LogP contribution in [-0.2, 0) is 4.79 Å². The third kappa shape index (κ3) is 9.69. The van der Waals surface area contributed by atoms with E-state index in [4.69, 9.17) is 0 Å². The number of hydrogen-bond donors (Lipinski definition) is 1. The van der Waals surface area contributed by atoms with Crippen molar-refractivity contribution in [1.82, 2.24) is 5.32 Å². The van der Waals surface area contributed by atoms with Gasteiger partial charge < -0.3 is 5.32 Å². The van der Waals surface area contributed by atoms with Gasteiger partial charge in [0.2, 0.25) is 5.91 Å². The van der Waals surface area contributed by atoms with Gasteiger partial charge in [-0.3, -0.25) is 4.79 Å². The first-order valence-electron chi connectivity index (χ1n) is 10.9. The van der Waals surface area contributed by atoms with E-state index >= 15 is 0 Å². The zero-order chi connectivity index (χ0) is 17.6. The average Bonchev–Trinajstić information content (AvgIpc) is 2.90. The first kappa shape index (κ1) is 21.5. The van der Waals surface area contributed by atoms with Gasteiger partial charge in [-0.25, -0.2) is 0 Å². The summed E-state index contributed by atoms with van der Waals surface area (Å²) < 4.78 is 0. The van der Waals surface area contributed by atoms with Crippen LogP contribution in [0.25, 0.3) is 0 Å². The van der Waals surface area contributed by atoms with E-state index in [2.05, 4.69) is 26.1 Å². The Hall–Kier alpha value is -0.530. The molecule has 0 aliphatic heterocycles. The Labute approximate surface area is 151 Å². The summed E-state index contributed by atoms with van der Waals surface area (Å²) in [7, 11) is 0. The summed E-state index contributed by atoms with van der Waals surface area (Å²) in [6, 6.07) is 0. The van der Waals surface area contributed by atoms with Gasteiger partial charge in [0.05, 0.1) is 0 Å². The van der Waals surface area contributed by atoms with E-state index in [0.29, 0.717) is 11.8 Å². The Kier molecular flexibility index (Phi) is 12.3. The third-order valence-corrected chi connectivity index (χ3v) is 5.78. The van der Waals surface area contributed by atoms with Crippen LogP contribution >= 0.6 is 0 Å². The van der Waals surface area contributed by atoms with Gasteiger partial charge in [-0.05, 0) is 31.1 Å². The summed E-state index contributed by atoms with van der Waals surface area (Å²) in [4.78, 5) is 12.2. The van der Waals surface area contributed by atoms with Crippen molar-refractivity contribution in [2.75, 3.05) is 6.54 Å². The predicted molar refractivity (Wildman–Crippen MR) is 105 cm³/mol. The fourth-order valence-corrected chi connectivity index (χ4v) is 4.24. The Balaban J connectivity index is 1.83. The quantitative estimate of drug-likeness (QED) is 0.361. The molecule has 142 valence electrons. The number of nitrogens with one attached hydrogen (secondary N) is 1. The van der Waals surface area contributed by atoms with E-state index in [-0.39, 0.29) is 5.92 Å². The average molecular weight is 338 g/mol. The minimum absolute atomic E-state index is 0.275. The highest BCUT2D eigenvalue weighted by atomic mass is 16.1. The largest absolute Gasteiger partial charge is 0.356 e. The summed E-state index contributed by atoms with van der Waals surface area (Å²) in [5.74, 6) is 1.89. The fraction of sp³-hybridized carbons (Fsp3) is 0.955. The van der Waals surface area contributed by atoms with E-state index in [1.54, 1.807) is 0 Å². The molecule has 0 radical (unpaired) electrons. The van der Waals surface area contributed by atoms with Crippen molar-refractivity contribution in [3.05, 3.63) is 0 Å². The summed E-state index contributed by atoms with van der Waals surface area (Å²) >= 11 is 0. The molecule has 0 aromatic heterocycles. The highest BCUT2D eigenvalue weighted by Crippen LogP contribution is 2.35. The van der Waals surface area contributed by atoms with Gasteiger partial charge >= 0.3 is 0 Å². The molecule has 1 saturated carbocycles. The molecule has 1 unspecified atom stereocenters. The smallest absolute Gasteiger partial charge is 0.223 e. The van der Waals surface area contributed by atoms with Crippen molar-refractivity contribution in [1.29, 1.82) is 0 Å². The highest BCUT2D eigenvalue weighted by Gasteiger charge is 2.33. The standard InChI is InChI=1S/C22H43NO/c1-4-5-6-7-8-9-10-11-12-13-14-15-16-23-22(24)21-18-19(2)17-20(21)3/h19-21H,4-18H2,1-3H3,(H,23,24)/t19?,20-,21-/m1/s1. The number of rotatable bonds is 14. The van der Waals surface area contributed by atoms with E-state index in [9.17, 15) is 4.79 Å². The topological polar surface area (TPSA) is 29.1 Å². The van der Waals surface area contributed by atoms with Crippen molar-refractivity contribution < 1.29 is 4.79 Å². The maximum atomic E-state index is 12.2. The molecule has 1 N–H and O–H groups in total. The summed E-state index contributed by atoms with van der Waals surface area (Å²) in [5.41, 5.74) is 0. The molecule has 2 heteroatoms. The Morgan fingerprint density at radius 3 is 1.75 bits per heavy atom. The van der Waals surface area contributed by atoms with E-state index < -0.39 is 0 Å². The monoisotopic (exact) mass is 337 g/mol. The summed E-state index contributed by atoms with van der Waals surface area (Å²) in [5, 5.41) is 3.17. The maximum absolute atomic E-state index is 12.2. The van der Waals surface area contributed by atoms with Crippen molar-refractivity contribution in [3.8, 4) is 0 Å². The highest BCUT2D eigenvalue weighted by molar-refractivity contribution is 5.79. The van der Waals surface area contributed by atoms with Gasteiger partial charge in [-0.15, -0.1) is 0 Å². The second-order valence-electron chi connectivity index (χ2n) is 8.34. The molecule has 24 heavy (non-hydrogen) atoms. The molecule has 0 spiro atoms. The van der Waals surface area contributed by atoms with Crippen LogP contribution in [0, 0.1) is 17.8 Å². The lowest BCUT2D eigenvalue weighted by Crippen LogP contribution is -2.32. The van der Waals surface area contributed by atoms with Crippen LogP contribution in [0.1, 0.15) is 111 Å². The lowest BCUT2D eigenvalue weighted by atomic mass is 9.97. The second kappa shape index (κ2) is 13.7. The number of carbonyl (C=O) groups is 1. The molecule has 1 aliphatic carbocycles. The van der Waals surface area contributed by atoms with Crippen molar-refractivity contribution in [2.24, 2.45) is 17.8 Å². The van der Waals surface area contributed by atoms with Crippen molar-refractivity contribution in [3.63, 3.8) is 0 Å². The van der Waals surface area contributed by atoms with Gasteiger partial charge in [-0.2, -0.15) is 0 Å². The third-order valence-electron chi connectivity index (χ3n) is 5.78. The first-order valence-corrected chi connectivity index (χ1v) is 10.9. The second-order valence-corrected chi connectivity index (χ2v) is 8.34. The van der Waals surface area contributed by atoms with Gasteiger partial charge in [0.25, 0.3) is 0 Å². The zero-order valence-electron chi connectivity index (χ0n) is 16.7. The van der Waals surface area contributed by atoms with Gasteiger partial charge in [0.1, 0.15) is 0 Å². The zero-order valence-corrected chi connectivity index (χ0v) is 16.7. The van der Waals surface area contributed by atoms with Crippen LogP contribution in [0.2, 0.25) is 0 Å². The molecule has 2 nitrogen and oxygen atoms in total. The Bertz CT molecular complexity index is 315. The Morgan fingerprint density at radius 1 is 0.792 bits per heavy atom. The van der Waals surface area contributed by atoms with Crippen LogP contribution in [0.3, 0.4) is 0 Å². The number of unbranched alkanes of at least 4 members (excludes halogenated alkanes) is 11. The molecule has 0 aromatic rings. The number of amides is 1. The molecule has 1 amide bonds. The normalized spacial score (nSPS) is 23.5. The molecule has 3 atom stereocenters. The van der Waals surface area contributed by atoms with Crippen LogP contribution in [-0.4, -0.2) is 12.5 Å². The molecule has 1 rings (SSSR count). The SMILES string of the molecule is CCCCCCCCCCCCCCNC(=O)[C@@H]1CC(C)C[C@H]1C. The minimum Gasteiger partial charge on any atom is -0.356 e. The van der Waals surface area contributed by atoms with Gasteiger partial charge in [0.15, 0.2) is 0 Å². The van der Waals surface area contributed by atoms with E-state index in [1.165, 1.54) is 77.0 Å². The van der Waals surface area contributed by atoms with Gasteiger partial charge in [-0.1, -0.05) is 91.4 Å². The summed E-state index contributed by atoms with van der Waals surface area (Å²) in [6.07, 6.45) is 18.7. The number of hydrogen-bond acceptors (Lipinski definition) is 1. The van der Waals surface area contributed by atoms with Crippen molar-refractivity contribution in [2.45, 2.75) is 111 Å². The number of carbonyl (C=O) groups excluding carboxylic acids is 1. The molecular weight excluding hydrogens is 294 g/mol. The molecule has 0 heterocycles. The molecule has 1 fully saturated rings. The molecule has 0 bridgehead atoms. The van der Waals surface area contributed by atoms with Crippen LogP contribution in [0.5, 0.6) is 0 Å². The first-order chi connectivity index (χ1) is 11.6. The Morgan fingerprint density at radius 2 is 1.29 bits per heavy atom. The van der Waals surface area contributed by atoms with Crippen LogP contribution in [0.15, 0.2) is 0 Å². The maximum Gasteiger partial charge on any atom is 0.223 e. The molecular formula is C22H43NO. The lowest BCUT2D eigenvalue weighted by molar-refractivity contribution is -0.125. The van der Waals surface area contributed by atoms with Gasteiger partial charge in [0, 0.05) is 12.5 Å². The van der Waals surface area contributed by atoms with Crippen molar-refractivity contribution >= 4 is 5.91 Å². The summed E-state index contributed by atoms with van der Waals surface area (Å²) in [6.45, 7) is 7.67. The van der Waals surface area contributed by atoms with E-state index in [1.807, 2.05) is 0 Å². The van der Waals surface area contributed by atoms with Crippen LogP contribution in [0.4, 0.5) is 0 Å². The molecule has 1 aliphatic rings. The lowest BCUT2D eigenvalue weighted by Gasteiger charge is -2.15.